The van der Waals surface area contributed by atoms with Gasteiger partial charge in [-0.1, -0.05) is 24.3 Å². The second-order valence-electron chi connectivity index (χ2n) is 7.34. The minimum atomic E-state index is -0.320. The molecule has 2 aromatic carbocycles. The summed E-state index contributed by atoms with van der Waals surface area (Å²) in [4.78, 5) is 20.5. The fourth-order valence-electron chi connectivity index (χ4n) is 4.06. The van der Waals surface area contributed by atoms with Gasteiger partial charge in [-0.2, -0.15) is 5.10 Å². The molecule has 0 saturated carbocycles. The summed E-state index contributed by atoms with van der Waals surface area (Å²) in [6, 6.07) is 18.8. The topological polar surface area (TPSA) is 82.1 Å². The number of aromatic hydroxyl groups is 1. The van der Waals surface area contributed by atoms with Gasteiger partial charge in [0.1, 0.15) is 17.1 Å². The van der Waals surface area contributed by atoms with Crippen molar-refractivity contribution in [1.29, 1.82) is 0 Å². The standard InChI is InChI=1S/C24H20N4O2S/c1-31-17-8-6-16(7-9-17)23-20-21(18-4-2-3-5-19(18)29)26-27-22(20)24(30)28(23)14-15-10-12-25-13-11-15/h2-13,23,29H,14H2,1H3,(H,26,27). The van der Waals surface area contributed by atoms with Gasteiger partial charge in [-0.25, -0.2) is 0 Å². The predicted molar refractivity (Wildman–Crippen MR) is 120 cm³/mol. The Morgan fingerprint density at radius 3 is 2.52 bits per heavy atom. The number of pyridine rings is 1. The van der Waals surface area contributed by atoms with Gasteiger partial charge in [0.05, 0.1) is 6.04 Å². The van der Waals surface area contributed by atoms with Gasteiger partial charge in [0.2, 0.25) is 0 Å². The third-order valence-corrected chi connectivity index (χ3v) is 6.30. The fraction of sp³-hybridized carbons (Fsp3) is 0.125. The molecule has 1 atom stereocenters. The van der Waals surface area contributed by atoms with Crippen molar-refractivity contribution in [3.63, 3.8) is 0 Å². The van der Waals surface area contributed by atoms with Crippen LogP contribution in [-0.2, 0) is 6.54 Å². The lowest BCUT2D eigenvalue weighted by molar-refractivity contribution is 0.0730. The molecule has 1 amide bonds. The highest BCUT2D eigenvalue weighted by molar-refractivity contribution is 7.98. The average Bonchev–Trinajstić information content (AvgIpc) is 3.34. The first-order valence-electron chi connectivity index (χ1n) is 9.88. The van der Waals surface area contributed by atoms with Gasteiger partial charge in [0.25, 0.3) is 5.91 Å². The van der Waals surface area contributed by atoms with Crippen LogP contribution in [0.25, 0.3) is 11.3 Å². The summed E-state index contributed by atoms with van der Waals surface area (Å²) >= 11 is 1.67. The number of carbonyl (C=O) groups excluding carboxylic acids is 1. The second-order valence-corrected chi connectivity index (χ2v) is 8.22. The number of nitrogens with one attached hydrogen (secondary N) is 1. The fourth-order valence-corrected chi connectivity index (χ4v) is 4.46. The monoisotopic (exact) mass is 428 g/mol. The van der Waals surface area contributed by atoms with Gasteiger partial charge in [-0.3, -0.25) is 14.9 Å². The van der Waals surface area contributed by atoms with E-state index in [1.807, 2.05) is 35.4 Å². The zero-order valence-electron chi connectivity index (χ0n) is 16.8. The molecule has 2 N–H and O–H groups in total. The van der Waals surface area contributed by atoms with E-state index >= 15 is 0 Å². The van der Waals surface area contributed by atoms with Crippen LogP contribution in [0.1, 0.15) is 33.2 Å². The number of phenols is 1. The minimum absolute atomic E-state index is 0.111. The molecule has 154 valence electrons. The Morgan fingerprint density at radius 2 is 1.81 bits per heavy atom. The molecular formula is C24H20N4O2S. The number of aromatic nitrogens is 3. The van der Waals surface area contributed by atoms with Crippen molar-refractivity contribution >= 4 is 17.7 Å². The van der Waals surface area contributed by atoms with Crippen LogP contribution in [0.2, 0.25) is 0 Å². The summed E-state index contributed by atoms with van der Waals surface area (Å²) in [5.41, 5.74) is 4.44. The van der Waals surface area contributed by atoms with Crippen molar-refractivity contribution in [2.24, 2.45) is 0 Å². The first-order valence-corrected chi connectivity index (χ1v) is 11.1. The van der Waals surface area contributed by atoms with E-state index in [0.717, 1.165) is 21.6 Å². The molecule has 0 spiro atoms. The maximum atomic E-state index is 13.4. The molecule has 5 rings (SSSR count). The molecule has 0 radical (unpaired) electrons. The lowest BCUT2D eigenvalue weighted by Gasteiger charge is -2.26. The molecule has 0 saturated heterocycles. The van der Waals surface area contributed by atoms with Crippen LogP contribution >= 0.6 is 11.8 Å². The van der Waals surface area contributed by atoms with E-state index in [0.29, 0.717) is 23.5 Å². The molecule has 0 bridgehead atoms. The third kappa shape index (κ3) is 3.37. The number of thioether (sulfide) groups is 1. The Morgan fingerprint density at radius 1 is 1.06 bits per heavy atom. The van der Waals surface area contributed by atoms with E-state index < -0.39 is 0 Å². The first kappa shape index (κ1) is 19.4. The summed E-state index contributed by atoms with van der Waals surface area (Å²) in [5.74, 6) is 0.0215. The van der Waals surface area contributed by atoms with Crippen LogP contribution in [0, 0.1) is 0 Å². The number of benzene rings is 2. The second kappa shape index (κ2) is 7.92. The lowest BCUT2D eigenvalue weighted by Crippen LogP contribution is -2.29. The van der Waals surface area contributed by atoms with E-state index in [2.05, 4.69) is 39.4 Å². The van der Waals surface area contributed by atoms with Crippen LogP contribution in [0.5, 0.6) is 5.75 Å². The Hall–Kier alpha value is -3.58. The van der Waals surface area contributed by atoms with E-state index in [9.17, 15) is 9.90 Å². The zero-order chi connectivity index (χ0) is 21.4. The van der Waals surface area contributed by atoms with Gasteiger partial charge in [0, 0.05) is 35.0 Å². The molecule has 1 unspecified atom stereocenters. The summed E-state index contributed by atoms with van der Waals surface area (Å²) in [7, 11) is 0. The van der Waals surface area contributed by atoms with Crippen LogP contribution < -0.4 is 0 Å². The van der Waals surface area contributed by atoms with Gasteiger partial charge in [0.15, 0.2) is 0 Å². The molecule has 6 nitrogen and oxygen atoms in total. The van der Waals surface area contributed by atoms with E-state index in [4.69, 9.17) is 0 Å². The molecule has 2 aromatic heterocycles. The van der Waals surface area contributed by atoms with E-state index in [1.165, 1.54) is 0 Å². The summed E-state index contributed by atoms with van der Waals surface area (Å²) < 4.78 is 0. The van der Waals surface area contributed by atoms with E-state index in [-0.39, 0.29) is 17.7 Å². The Kier molecular flexibility index (Phi) is 4.95. The molecule has 7 heteroatoms. The first-order chi connectivity index (χ1) is 15.2. The molecule has 1 aliphatic heterocycles. The lowest BCUT2D eigenvalue weighted by atomic mass is 9.95. The number of carbonyl (C=O) groups is 1. The number of nitrogens with zero attached hydrogens (tertiary/aromatic N) is 3. The minimum Gasteiger partial charge on any atom is -0.507 e. The smallest absolute Gasteiger partial charge is 0.273 e. The average molecular weight is 429 g/mol. The van der Waals surface area contributed by atoms with Crippen molar-refractivity contribution in [2.45, 2.75) is 17.5 Å². The summed E-state index contributed by atoms with van der Waals surface area (Å²) in [5, 5.41) is 17.8. The third-order valence-electron chi connectivity index (χ3n) is 5.56. The van der Waals surface area contributed by atoms with Crippen molar-refractivity contribution in [1.82, 2.24) is 20.1 Å². The number of fused-ring (bicyclic) bond motifs is 1. The van der Waals surface area contributed by atoms with E-state index in [1.54, 1.807) is 36.3 Å². The number of aromatic amines is 1. The predicted octanol–water partition coefficient (Wildman–Crippen LogP) is 4.64. The van der Waals surface area contributed by atoms with Crippen molar-refractivity contribution in [3.8, 4) is 17.0 Å². The number of hydrogen-bond acceptors (Lipinski definition) is 5. The Balaban J connectivity index is 1.66. The Bertz CT molecular complexity index is 1240. The number of phenolic OH excluding ortho intramolecular Hbond substituents is 1. The summed E-state index contributed by atoms with van der Waals surface area (Å²) in [6.45, 7) is 0.443. The van der Waals surface area contributed by atoms with Gasteiger partial charge in [-0.15, -0.1) is 11.8 Å². The number of hydrogen-bond donors (Lipinski definition) is 2. The van der Waals surface area contributed by atoms with Crippen LogP contribution in [0.15, 0.2) is 78.0 Å². The van der Waals surface area contributed by atoms with Crippen LogP contribution in [-0.4, -0.2) is 37.4 Å². The molecule has 0 aliphatic carbocycles. The molecule has 3 heterocycles. The van der Waals surface area contributed by atoms with Crippen molar-refractivity contribution < 1.29 is 9.90 Å². The highest BCUT2D eigenvalue weighted by Gasteiger charge is 2.42. The number of H-pyrrole nitrogens is 1. The van der Waals surface area contributed by atoms with Gasteiger partial charge < -0.3 is 10.0 Å². The number of rotatable bonds is 5. The highest BCUT2D eigenvalue weighted by atomic mass is 32.2. The maximum absolute atomic E-state index is 13.4. The van der Waals surface area contributed by atoms with Crippen LogP contribution in [0.4, 0.5) is 0 Å². The SMILES string of the molecule is CSc1ccc(C2c3c(-c4ccccc4O)n[nH]c3C(=O)N2Cc2ccncc2)cc1. The number of para-hydroxylation sites is 1. The van der Waals surface area contributed by atoms with Crippen LogP contribution in [0.3, 0.4) is 0 Å². The summed E-state index contributed by atoms with van der Waals surface area (Å²) in [6.07, 6.45) is 5.49. The Labute approximate surface area is 184 Å². The maximum Gasteiger partial charge on any atom is 0.273 e. The molecule has 1 aliphatic rings. The normalized spacial score (nSPS) is 15.3. The largest absolute Gasteiger partial charge is 0.507 e. The van der Waals surface area contributed by atoms with Gasteiger partial charge in [-0.05, 0) is 53.8 Å². The zero-order valence-corrected chi connectivity index (χ0v) is 17.6. The molecule has 4 aromatic rings. The quantitative estimate of drug-likeness (QED) is 0.453. The molecule has 31 heavy (non-hydrogen) atoms. The highest BCUT2D eigenvalue weighted by Crippen LogP contribution is 2.45. The molecule has 0 fully saturated rings. The van der Waals surface area contributed by atoms with Gasteiger partial charge >= 0.3 is 0 Å². The van der Waals surface area contributed by atoms with Crippen molar-refractivity contribution in [3.05, 3.63) is 95.4 Å². The molecular weight excluding hydrogens is 408 g/mol. The van der Waals surface area contributed by atoms with Crippen molar-refractivity contribution in [2.75, 3.05) is 6.26 Å². The number of amides is 1.